The number of anilines is 4. The molecule has 4 nitrogen and oxygen atoms in total. The number of nitrogens with one attached hydrogen (secondary N) is 4. The number of benzene rings is 2. The van der Waals surface area contributed by atoms with E-state index in [-0.39, 0.29) is 21.7 Å². The average Bonchev–Trinajstić information content (AvgIpc) is 2.71. The van der Waals surface area contributed by atoms with Gasteiger partial charge >= 0.3 is 0 Å². The number of hydrogen-bond donors (Lipinski definition) is 4. The minimum atomic E-state index is 0.196. The summed E-state index contributed by atoms with van der Waals surface area (Å²) in [6.07, 6.45) is 0. The molecule has 0 heterocycles. The summed E-state index contributed by atoms with van der Waals surface area (Å²) in [6.45, 7) is 30.8. The van der Waals surface area contributed by atoms with E-state index >= 15 is 0 Å². The molecule has 0 aliphatic rings. The highest BCUT2D eigenvalue weighted by molar-refractivity contribution is 5.82. The summed E-state index contributed by atoms with van der Waals surface area (Å²) in [6, 6.07) is 13.5. The van der Waals surface area contributed by atoms with Gasteiger partial charge in [0.05, 0.1) is 22.7 Å². The second-order valence-electron chi connectivity index (χ2n) is 15.2. The second kappa shape index (κ2) is 11.4. The van der Waals surface area contributed by atoms with Gasteiger partial charge in [-0.05, 0) is 57.1 Å². The van der Waals surface area contributed by atoms with E-state index in [1.165, 1.54) is 11.1 Å². The molecular formula is C32H54N4. The van der Waals surface area contributed by atoms with Gasteiger partial charge in [0.15, 0.2) is 0 Å². The van der Waals surface area contributed by atoms with Crippen molar-refractivity contribution >= 4 is 22.7 Å². The van der Waals surface area contributed by atoms with Gasteiger partial charge in [-0.1, -0.05) is 95.2 Å². The Kier molecular flexibility index (Phi) is 9.42. The average molecular weight is 495 g/mol. The van der Waals surface area contributed by atoms with Gasteiger partial charge in [-0.25, -0.2) is 0 Å². The maximum absolute atomic E-state index is 3.72. The summed E-state index contributed by atoms with van der Waals surface area (Å²) in [5, 5.41) is 14.8. The Balaban J connectivity index is 2.43. The van der Waals surface area contributed by atoms with Gasteiger partial charge < -0.3 is 21.3 Å². The standard InChI is InChI=1S/C32H54N4/c1-29(2,3)19-33-25-15-13-23(17-27(25)35-21-31(7,8)9)24-14-16-26(34-20-30(4,5)6)28(18-24)36-22-32(10,11)12/h13-18,33-36H,19-22H2,1-12H3. The van der Waals surface area contributed by atoms with Crippen molar-refractivity contribution in [2.75, 3.05) is 47.4 Å². The van der Waals surface area contributed by atoms with Gasteiger partial charge in [0, 0.05) is 26.2 Å². The Morgan fingerprint density at radius 1 is 0.389 bits per heavy atom. The van der Waals surface area contributed by atoms with Crippen LogP contribution >= 0.6 is 0 Å². The van der Waals surface area contributed by atoms with Gasteiger partial charge in [0.2, 0.25) is 0 Å². The van der Waals surface area contributed by atoms with E-state index in [2.05, 4.69) is 141 Å². The third-order valence-corrected chi connectivity index (χ3v) is 5.61. The van der Waals surface area contributed by atoms with Gasteiger partial charge in [-0.15, -0.1) is 0 Å². The predicted octanol–water partition coefficient (Wildman–Crippen LogP) is 9.19. The maximum Gasteiger partial charge on any atom is 0.0582 e. The van der Waals surface area contributed by atoms with Crippen LogP contribution in [0.3, 0.4) is 0 Å². The van der Waals surface area contributed by atoms with E-state index in [9.17, 15) is 0 Å². The first-order valence-corrected chi connectivity index (χ1v) is 13.6. The predicted molar refractivity (Wildman–Crippen MR) is 164 cm³/mol. The first kappa shape index (κ1) is 29.9. The highest BCUT2D eigenvalue weighted by atomic mass is 15.0. The third-order valence-electron chi connectivity index (χ3n) is 5.61. The minimum Gasteiger partial charge on any atom is -0.383 e. The van der Waals surface area contributed by atoms with E-state index in [1.807, 2.05) is 0 Å². The molecule has 0 atom stereocenters. The molecule has 2 rings (SSSR count). The van der Waals surface area contributed by atoms with E-state index in [0.717, 1.165) is 48.9 Å². The SMILES string of the molecule is CC(C)(C)CNc1ccc(-c2ccc(NCC(C)(C)C)c(NCC(C)(C)C)c2)cc1NCC(C)(C)C. The summed E-state index contributed by atoms with van der Waals surface area (Å²) < 4.78 is 0. The lowest BCUT2D eigenvalue weighted by molar-refractivity contribution is 0.440. The molecule has 0 aliphatic carbocycles. The quantitative estimate of drug-likeness (QED) is 0.281. The number of rotatable bonds is 9. The van der Waals surface area contributed by atoms with Crippen LogP contribution in [0.15, 0.2) is 36.4 Å². The topological polar surface area (TPSA) is 48.1 Å². The molecule has 0 radical (unpaired) electrons. The zero-order valence-electron chi connectivity index (χ0n) is 25.3. The fraction of sp³-hybridized carbons (Fsp3) is 0.625. The molecule has 0 saturated carbocycles. The van der Waals surface area contributed by atoms with Crippen molar-refractivity contribution < 1.29 is 0 Å². The molecule has 4 heteroatoms. The maximum atomic E-state index is 3.72. The van der Waals surface area contributed by atoms with Gasteiger partial charge in [-0.2, -0.15) is 0 Å². The van der Waals surface area contributed by atoms with Crippen LogP contribution < -0.4 is 21.3 Å². The summed E-state index contributed by atoms with van der Waals surface area (Å²) in [5.41, 5.74) is 7.88. The normalized spacial score (nSPS) is 12.9. The van der Waals surface area contributed by atoms with E-state index in [4.69, 9.17) is 0 Å². The Morgan fingerprint density at radius 2 is 0.639 bits per heavy atom. The first-order valence-electron chi connectivity index (χ1n) is 13.6. The van der Waals surface area contributed by atoms with Crippen molar-refractivity contribution in [2.24, 2.45) is 21.7 Å². The van der Waals surface area contributed by atoms with Gasteiger partial charge in [0.25, 0.3) is 0 Å². The largest absolute Gasteiger partial charge is 0.383 e. The van der Waals surface area contributed by atoms with E-state index < -0.39 is 0 Å². The molecule has 202 valence electrons. The molecule has 0 aliphatic heterocycles. The van der Waals surface area contributed by atoms with Crippen molar-refractivity contribution in [1.82, 2.24) is 0 Å². The Bertz CT molecular complexity index is 898. The van der Waals surface area contributed by atoms with Crippen LogP contribution in [0, 0.1) is 21.7 Å². The van der Waals surface area contributed by atoms with E-state index in [1.54, 1.807) is 0 Å². The molecule has 2 aromatic carbocycles. The van der Waals surface area contributed by atoms with Crippen LogP contribution in [0.5, 0.6) is 0 Å². The van der Waals surface area contributed by atoms with Crippen LogP contribution in [0.4, 0.5) is 22.7 Å². The summed E-state index contributed by atoms with van der Waals surface area (Å²) >= 11 is 0. The lowest BCUT2D eigenvalue weighted by atomic mass is 9.95. The molecule has 2 aromatic rings. The molecule has 0 fully saturated rings. The summed E-state index contributed by atoms with van der Waals surface area (Å²) in [5.74, 6) is 0. The van der Waals surface area contributed by atoms with Crippen LogP contribution in [-0.2, 0) is 0 Å². The van der Waals surface area contributed by atoms with E-state index in [0.29, 0.717) is 0 Å². The zero-order chi connectivity index (χ0) is 27.4. The lowest BCUT2D eigenvalue weighted by Gasteiger charge is -2.25. The molecule has 0 aromatic heterocycles. The fourth-order valence-electron chi connectivity index (χ4n) is 3.49. The van der Waals surface area contributed by atoms with Crippen LogP contribution in [0.2, 0.25) is 0 Å². The first-order chi connectivity index (χ1) is 16.3. The fourth-order valence-corrected chi connectivity index (χ4v) is 3.49. The van der Waals surface area contributed by atoms with Crippen LogP contribution in [0.1, 0.15) is 83.1 Å². The second-order valence-corrected chi connectivity index (χ2v) is 15.2. The Labute approximate surface area is 222 Å². The Morgan fingerprint density at radius 3 is 0.889 bits per heavy atom. The number of hydrogen-bond acceptors (Lipinski definition) is 4. The molecule has 4 N–H and O–H groups in total. The van der Waals surface area contributed by atoms with Crippen molar-refractivity contribution in [3.05, 3.63) is 36.4 Å². The Hall–Kier alpha value is -2.36. The van der Waals surface area contributed by atoms with Crippen LogP contribution in [-0.4, -0.2) is 26.2 Å². The van der Waals surface area contributed by atoms with Gasteiger partial charge in [-0.3, -0.25) is 0 Å². The summed E-state index contributed by atoms with van der Waals surface area (Å²) in [4.78, 5) is 0. The molecule has 0 saturated heterocycles. The molecular weight excluding hydrogens is 440 g/mol. The van der Waals surface area contributed by atoms with Crippen molar-refractivity contribution in [3.63, 3.8) is 0 Å². The zero-order valence-corrected chi connectivity index (χ0v) is 25.3. The summed E-state index contributed by atoms with van der Waals surface area (Å²) in [7, 11) is 0. The van der Waals surface area contributed by atoms with Crippen molar-refractivity contribution in [3.8, 4) is 11.1 Å². The monoisotopic (exact) mass is 494 g/mol. The van der Waals surface area contributed by atoms with Crippen molar-refractivity contribution in [1.29, 1.82) is 0 Å². The third kappa shape index (κ3) is 11.1. The smallest absolute Gasteiger partial charge is 0.0582 e. The molecule has 0 bridgehead atoms. The molecule has 0 spiro atoms. The molecule has 0 amide bonds. The van der Waals surface area contributed by atoms with Crippen LogP contribution in [0.25, 0.3) is 11.1 Å². The highest BCUT2D eigenvalue weighted by Gasteiger charge is 2.17. The highest BCUT2D eigenvalue weighted by Crippen LogP contribution is 2.35. The molecule has 0 unspecified atom stereocenters. The minimum absolute atomic E-state index is 0.196. The lowest BCUT2D eigenvalue weighted by Crippen LogP contribution is -2.22. The van der Waals surface area contributed by atoms with Crippen molar-refractivity contribution in [2.45, 2.75) is 83.1 Å². The molecule has 36 heavy (non-hydrogen) atoms. The van der Waals surface area contributed by atoms with Gasteiger partial charge in [0.1, 0.15) is 0 Å².